The first-order chi connectivity index (χ1) is 16.1. The summed E-state index contributed by atoms with van der Waals surface area (Å²) >= 11 is 5.41. The summed E-state index contributed by atoms with van der Waals surface area (Å²) in [4.78, 5) is 0. The van der Waals surface area contributed by atoms with E-state index in [1.165, 1.54) is 5.56 Å². The molecule has 2 aromatic carbocycles. The number of anilines is 1. The zero-order chi connectivity index (χ0) is 23.5. The van der Waals surface area contributed by atoms with Gasteiger partial charge in [0, 0.05) is 6.54 Å². The first-order valence-electron chi connectivity index (χ1n) is 11.3. The average Bonchev–Trinajstić information content (AvgIpc) is 3.27. The Morgan fingerprint density at radius 2 is 1.67 bits per heavy atom. The fraction of sp³-hybridized carbons (Fsp3) is 0.360. The summed E-state index contributed by atoms with van der Waals surface area (Å²) in [5.74, 6) is 2.36. The molecule has 8 heteroatoms. The first kappa shape index (κ1) is 24.4. The van der Waals surface area contributed by atoms with Crippen LogP contribution in [0.5, 0.6) is 17.2 Å². The number of nitrogens with zero attached hydrogens (tertiary/aromatic N) is 2. The van der Waals surface area contributed by atoms with Crippen LogP contribution in [0.3, 0.4) is 0 Å². The number of rotatable bonds is 12. The normalized spacial score (nSPS) is 10.5. The van der Waals surface area contributed by atoms with Crippen LogP contribution in [0.4, 0.5) is 5.69 Å². The Bertz CT molecular complexity index is 1020. The second kappa shape index (κ2) is 12.7. The van der Waals surface area contributed by atoms with Crippen LogP contribution in [0.15, 0.2) is 54.9 Å². The number of aryl methyl sites for hydroxylation is 1. The number of benzene rings is 2. The van der Waals surface area contributed by atoms with Crippen molar-refractivity contribution in [2.45, 2.75) is 40.3 Å². The molecular formula is C25H32N4O3S. The Morgan fingerprint density at radius 3 is 2.39 bits per heavy atom. The van der Waals surface area contributed by atoms with E-state index in [1.54, 1.807) is 10.9 Å². The number of ether oxygens (including phenoxy) is 3. The monoisotopic (exact) mass is 468 g/mol. The fourth-order valence-electron chi connectivity index (χ4n) is 3.21. The highest BCUT2D eigenvalue weighted by molar-refractivity contribution is 7.80. The molecule has 0 spiro atoms. The summed E-state index contributed by atoms with van der Waals surface area (Å²) in [6.07, 6.45) is 5.39. The van der Waals surface area contributed by atoms with Crippen molar-refractivity contribution in [3.63, 3.8) is 0 Å². The van der Waals surface area contributed by atoms with Gasteiger partial charge in [0.15, 0.2) is 23.3 Å². The molecule has 0 atom stereocenters. The van der Waals surface area contributed by atoms with E-state index in [9.17, 15) is 0 Å². The molecule has 7 nitrogen and oxygen atoms in total. The van der Waals surface area contributed by atoms with E-state index in [0.717, 1.165) is 41.3 Å². The lowest BCUT2D eigenvalue weighted by Gasteiger charge is -2.13. The Balaban J connectivity index is 1.43. The maximum Gasteiger partial charge on any atom is 0.180 e. The van der Waals surface area contributed by atoms with Crippen LogP contribution in [0.1, 0.15) is 31.9 Å². The SMILES string of the molecule is CCOc1ccc(CCNC(=S)Nc2cnn(COc3ccc(CC)cc3)c2)cc1OCC. The van der Waals surface area contributed by atoms with Gasteiger partial charge in [-0.2, -0.15) is 5.10 Å². The molecule has 1 heterocycles. The molecule has 33 heavy (non-hydrogen) atoms. The zero-order valence-corrected chi connectivity index (χ0v) is 20.3. The highest BCUT2D eigenvalue weighted by atomic mass is 32.1. The van der Waals surface area contributed by atoms with Crippen LogP contribution in [0.2, 0.25) is 0 Å². The van der Waals surface area contributed by atoms with E-state index in [-0.39, 0.29) is 0 Å². The summed E-state index contributed by atoms with van der Waals surface area (Å²) in [5, 5.41) is 11.2. The van der Waals surface area contributed by atoms with Crippen molar-refractivity contribution in [3.05, 3.63) is 66.0 Å². The van der Waals surface area contributed by atoms with Crippen molar-refractivity contribution >= 4 is 23.0 Å². The summed E-state index contributed by atoms with van der Waals surface area (Å²) in [7, 11) is 0. The molecule has 176 valence electrons. The summed E-state index contributed by atoms with van der Waals surface area (Å²) < 4.78 is 18.8. The van der Waals surface area contributed by atoms with E-state index in [4.69, 9.17) is 26.4 Å². The average molecular weight is 469 g/mol. The minimum Gasteiger partial charge on any atom is -0.490 e. The largest absolute Gasteiger partial charge is 0.490 e. The second-order valence-corrected chi connectivity index (χ2v) is 7.73. The summed E-state index contributed by atoms with van der Waals surface area (Å²) in [6.45, 7) is 8.28. The minimum atomic E-state index is 0.327. The first-order valence-corrected chi connectivity index (χ1v) is 11.7. The number of hydrogen-bond donors (Lipinski definition) is 2. The quantitative estimate of drug-likeness (QED) is 0.370. The maximum absolute atomic E-state index is 5.78. The third-order valence-corrected chi connectivity index (χ3v) is 5.14. The maximum atomic E-state index is 5.78. The zero-order valence-electron chi connectivity index (χ0n) is 19.5. The van der Waals surface area contributed by atoms with Crippen LogP contribution >= 0.6 is 12.2 Å². The molecule has 0 fully saturated rings. The molecule has 3 rings (SSSR count). The van der Waals surface area contributed by atoms with Gasteiger partial charge in [0.1, 0.15) is 5.75 Å². The highest BCUT2D eigenvalue weighted by Gasteiger charge is 2.07. The lowest BCUT2D eigenvalue weighted by molar-refractivity contribution is 0.221. The van der Waals surface area contributed by atoms with E-state index in [2.05, 4.69) is 34.8 Å². The van der Waals surface area contributed by atoms with Gasteiger partial charge in [-0.15, -0.1) is 0 Å². The lowest BCUT2D eigenvalue weighted by Crippen LogP contribution is -2.30. The van der Waals surface area contributed by atoms with Crippen molar-refractivity contribution < 1.29 is 14.2 Å². The second-order valence-electron chi connectivity index (χ2n) is 7.32. The topological polar surface area (TPSA) is 69.6 Å². The Labute approximate surface area is 201 Å². The smallest absolute Gasteiger partial charge is 0.180 e. The molecule has 0 amide bonds. The van der Waals surface area contributed by atoms with E-state index < -0.39 is 0 Å². The molecular weight excluding hydrogens is 436 g/mol. The molecule has 0 unspecified atom stereocenters. The lowest BCUT2D eigenvalue weighted by atomic mass is 10.1. The van der Waals surface area contributed by atoms with E-state index in [0.29, 0.717) is 31.6 Å². The van der Waals surface area contributed by atoms with Gasteiger partial charge in [0.05, 0.1) is 31.3 Å². The molecule has 0 radical (unpaired) electrons. The minimum absolute atomic E-state index is 0.327. The van der Waals surface area contributed by atoms with Crippen molar-refractivity contribution in [2.24, 2.45) is 0 Å². The van der Waals surface area contributed by atoms with Crippen LogP contribution in [0.25, 0.3) is 0 Å². The molecule has 3 aromatic rings. The Morgan fingerprint density at radius 1 is 0.939 bits per heavy atom. The standard InChI is InChI=1S/C25H32N4O3S/c1-4-19-7-10-22(11-8-19)32-18-29-17-21(16-27-29)28-25(33)26-14-13-20-9-12-23(30-5-2)24(15-20)31-6-3/h7-12,15-17H,4-6,13-14,18H2,1-3H3,(H2,26,28,33). The fourth-order valence-corrected chi connectivity index (χ4v) is 3.43. The van der Waals surface area contributed by atoms with Gasteiger partial charge >= 0.3 is 0 Å². The molecule has 0 aliphatic carbocycles. The number of hydrogen-bond acceptors (Lipinski definition) is 5. The number of nitrogens with one attached hydrogen (secondary N) is 2. The molecule has 0 saturated heterocycles. The van der Waals surface area contributed by atoms with E-state index in [1.807, 2.05) is 50.4 Å². The van der Waals surface area contributed by atoms with Crippen molar-refractivity contribution in [1.29, 1.82) is 0 Å². The Hall–Kier alpha value is -3.26. The van der Waals surface area contributed by atoms with Gasteiger partial charge in [-0.05, 0) is 74.3 Å². The molecule has 1 aromatic heterocycles. The van der Waals surface area contributed by atoms with Gasteiger partial charge < -0.3 is 24.8 Å². The van der Waals surface area contributed by atoms with Gasteiger partial charge in [0.2, 0.25) is 0 Å². The van der Waals surface area contributed by atoms with Crippen molar-refractivity contribution in [2.75, 3.05) is 25.1 Å². The third-order valence-electron chi connectivity index (χ3n) is 4.89. The van der Waals surface area contributed by atoms with Crippen molar-refractivity contribution in [1.82, 2.24) is 15.1 Å². The molecule has 0 bridgehead atoms. The summed E-state index contributed by atoms with van der Waals surface area (Å²) in [5.41, 5.74) is 3.23. The van der Waals surface area contributed by atoms with Crippen LogP contribution < -0.4 is 24.8 Å². The van der Waals surface area contributed by atoms with Gasteiger partial charge in [-0.3, -0.25) is 0 Å². The van der Waals surface area contributed by atoms with Gasteiger partial charge in [-0.1, -0.05) is 25.1 Å². The predicted molar refractivity (Wildman–Crippen MR) is 135 cm³/mol. The van der Waals surface area contributed by atoms with Crippen LogP contribution in [-0.4, -0.2) is 34.7 Å². The van der Waals surface area contributed by atoms with Crippen molar-refractivity contribution in [3.8, 4) is 17.2 Å². The predicted octanol–water partition coefficient (Wildman–Crippen LogP) is 4.81. The van der Waals surface area contributed by atoms with Crippen LogP contribution in [-0.2, 0) is 19.6 Å². The highest BCUT2D eigenvalue weighted by Crippen LogP contribution is 2.28. The molecule has 0 aliphatic rings. The molecule has 0 saturated carbocycles. The summed E-state index contributed by atoms with van der Waals surface area (Å²) in [6, 6.07) is 14.1. The number of thiocarbonyl (C=S) groups is 1. The van der Waals surface area contributed by atoms with E-state index >= 15 is 0 Å². The van der Waals surface area contributed by atoms with Gasteiger partial charge in [-0.25, -0.2) is 4.68 Å². The number of aromatic nitrogens is 2. The molecule has 0 aliphatic heterocycles. The molecule has 2 N–H and O–H groups in total. The van der Waals surface area contributed by atoms with Crippen LogP contribution in [0, 0.1) is 0 Å². The van der Waals surface area contributed by atoms with Gasteiger partial charge in [0.25, 0.3) is 0 Å². The third kappa shape index (κ3) is 7.68. The Kier molecular flexibility index (Phi) is 9.38.